The maximum Gasteiger partial charge on any atom is 0.240 e. The molecule has 0 spiro atoms. The van der Waals surface area contributed by atoms with Crippen LogP contribution in [-0.4, -0.2) is 35.4 Å². The lowest BCUT2D eigenvalue weighted by Gasteiger charge is -2.16. The molecule has 7 heteroatoms. The first kappa shape index (κ1) is 20.3. The molecule has 0 bridgehead atoms. The smallest absolute Gasteiger partial charge is 0.240 e. The zero-order valence-corrected chi connectivity index (χ0v) is 17.6. The van der Waals surface area contributed by atoms with Gasteiger partial charge < -0.3 is 10.1 Å². The number of amidine groups is 1. The lowest BCUT2D eigenvalue weighted by molar-refractivity contribution is -0.118. The lowest BCUT2D eigenvalue weighted by Crippen LogP contribution is -2.26. The van der Waals surface area contributed by atoms with Crippen LogP contribution >= 0.6 is 11.8 Å². The molecule has 1 saturated heterocycles. The fraction of sp³-hybridized carbons (Fsp3) is 0.304. The van der Waals surface area contributed by atoms with Crippen LogP contribution in [0.5, 0.6) is 5.75 Å². The predicted octanol–water partition coefficient (Wildman–Crippen LogP) is 3.77. The van der Waals surface area contributed by atoms with E-state index in [1.807, 2.05) is 36.4 Å². The van der Waals surface area contributed by atoms with E-state index in [-0.39, 0.29) is 18.1 Å². The van der Waals surface area contributed by atoms with Crippen LogP contribution in [0.15, 0.2) is 52.7 Å². The van der Waals surface area contributed by atoms with Crippen molar-refractivity contribution in [3.8, 4) is 5.75 Å². The van der Waals surface area contributed by atoms with Crippen molar-refractivity contribution in [3.05, 3.63) is 64.7 Å². The van der Waals surface area contributed by atoms with E-state index in [1.165, 1.54) is 35.7 Å². The number of carbonyl (C=O) groups excluding carboxylic acids is 2. The molecule has 0 radical (unpaired) electrons. The average molecular weight is 422 g/mol. The van der Waals surface area contributed by atoms with Gasteiger partial charge in [0.1, 0.15) is 5.75 Å². The molecule has 1 heterocycles. The Bertz CT molecular complexity index is 1010. The predicted molar refractivity (Wildman–Crippen MR) is 120 cm³/mol. The molecule has 1 amide bonds. The maximum absolute atomic E-state index is 12.7. The molecule has 4 rings (SSSR count). The quantitative estimate of drug-likeness (QED) is 0.437. The minimum absolute atomic E-state index is 0.0148. The molecule has 1 fully saturated rings. The molecule has 2 aromatic rings. The fourth-order valence-electron chi connectivity index (χ4n) is 3.62. The monoisotopic (exact) mass is 421 g/mol. The van der Waals surface area contributed by atoms with Crippen LogP contribution in [0.2, 0.25) is 0 Å². The Kier molecular flexibility index (Phi) is 6.28. The molecule has 1 unspecified atom stereocenters. The molecule has 2 aliphatic rings. The van der Waals surface area contributed by atoms with Gasteiger partial charge in [0.2, 0.25) is 5.91 Å². The van der Waals surface area contributed by atoms with Crippen LogP contribution in [-0.2, 0) is 17.6 Å². The second kappa shape index (κ2) is 9.26. The second-order valence-corrected chi connectivity index (χ2v) is 8.53. The summed E-state index contributed by atoms with van der Waals surface area (Å²) in [5.74, 6) is 0.548. The summed E-state index contributed by atoms with van der Waals surface area (Å²) in [7, 11) is 1.61. The van der Waals surface area contributed by atoms with Crippen molar-refractivity contribution in [2.75, 3.05) is 7.11 Å². The number of Topliss-reactive ketones (excluding diaryl/α,β-unsaturated/α-hetero) is 1. The summed E-state index contributed by atoms with van der Waals surface area (Å²) in [6.45, 7) is 0. The minimum atomic E-state index is -0.483. The topological polar surface area (TPSA) is 80.1 Å². The Labute approximate surface area is 179 Å². The Morgan fingerprint density at radius 1 is 1.17 bits per heavy atom. The summed E-state index contributed by atoms with van der Waals surface area (Å²) in [4.78, 5) is 25.0. The van der Waals surface area contributed by atoms with Crippen molar-refractivity contribution in [2.45, 2.75) is 37.4 Å². The first-order chi connectivity index (χ1) is 14.6. The number of ether oxygens (including phenoxy) is 1. The Hall–Kier alpha value is -2.93. The van der Waals surface area contributed by atoms with E-state index >= 15 is 0 Å². The molecule has 2 aromatic carbocycles. The lowest BCUT2D eigenvalue weighted by atomic mass is 9.89. The molecular weight excluding hydrogens is 398 g/mol. The summed E-state index contributed by atoms with van der Waals surface area (Å²) >= 11 is 1.25. The molecule has 1 atom stereocenters. The number of fused-ring (bicyclic) bond motifs is 1. The number of benzene rings is 2. The summed E-state index contributed by atoms with van der Waals surface area (Å²) in [5, 5.41) is 10.7. The Balaban J connectivity index is 1.36. The van der Waals surface area contributed by atoms with Crippen LogP contribution in [0.3, 0.4) is 0 Å². The van der Waals surface area contributed by atoms with E-state index in [4.69, 9.17) is 4.74 Å². The number of amides is 1. The maximum atomic E-state index is 12.7. The van der Waals surface area contributed by atoms with E-state index in [1.54, 1.807) is 13.3 Å². The molecule has 1 aliphatic carbocycles. The van der Waals surface area contributed by atoms with Crippen LogP contribution < -0.4 is 10.1 Å². The third-order valence-corrected chi connectivity index (χ3v) is 6.36. The van der Waals surface area contributed by atoms with E-state index in [9.17, 15) is 9.59 Å². The molecule has 0 aromatic heterocycles. The molecule has 30 heavy (non-hydrogen) atoms. The highest BCUT2D eigenvalue weighted by atomic mass is 32.2. The first-order valence-corrected chi connectivity index (χ1v) is 10.9. The largest absolute Gasteiger partial charge is 0.497 e. The van der Waals surface area contributed by atoms with Gasteiger partial charge in [0.05, 0.1) is 18.6 Å². The van der Waals surface area contributed by atoms with Crippen molar-refractivity contribution in [1.29, 1.82) is 0 Å². The van der Waals surface area contributed by atoms with Gasteiger partial charge in [-0.05, 0) is 72.7 Å². The zero-order valence-electron chi connectivity index (χ0n) is 16.8. The SMILES string of the molecule is COc1ccc(/C=N/N=C2/NC(=O)C(CC(=O)c3ccc4c(c3)CCCC4)S2)cc1. The molecule has 0 saturated carbocycles. The van der Waals surface area contributed by atoms with Gasteiger partial charge >= 0.3 is 0 Å². The summed E-state index contributed by atoms with van der Waals surface area (Å²) in [5.41, 5.74) is 4.17. The number of ketones is 1. The van der Waals surface area contributed by atoms with Gasteiger partial charge in [0, 0.05) is 12.0 Å². The van der Waals surface area contributed by atoms with Crippen molar-refractivity contribution >= 4 is 34.8 Å². The molecule has 6 nitrogen and oxygen atoms in total. The van der Waals surface area contributed by atoms with Gasteiger partial charge in [-0.25, -0.2) is 0 Å². The van der Waals surface area contributed by atoms with Crippen LogP contribution in [0.25, 0.3) is 0 Å². The second-order valence-electron chi connectivity index (χ2n) is 7.34. The number of methoxy groups -OCH3 is 1. The molecule has 1 aliphatic heterocycles. The Morgan fingerprint density at radius 2 is 1.93 bits per heavy atom. The van der Waals surface area contributed by atoms with Crippen molar-refractivity contribution < 1.29 is 14.3 Å². The summed E-state index contributed by atoms with van der Waals surface area (Å²) in [6.07, 6.45) is 6.24. The number of nitrogens with zero attached hydrogens (tertiary/aromatic N) is 2. The Morgan fingerprint density at radius 3 is 2.70 bits per heavy atom. The highest BCUT2D eigenvalue weighted by Gasteiger charge is 2.32. The van der Waals surface area contributed by atoms with E-state index < -0.39 is 5.25 Å². The van der Waals surface area contributed by atoms with Crippen LogP contribution in [0, 0.1) is 0 Å². The zero-order chi connectivity index (χ0) is 20.9. The van der Waals surface area contributed by atoms with E-state index in [0.29, 0.717) is 10.7 Å². The van der Waals surface area contributed by atoms with Crippen molar-refractivity contribution in [2.24, 2.45) is 10.2 Å². The highest BCUT2D eigenvalue weighted by Crippen LogP contribution is 2.26. The van der Waals surface area contributed by atoms with Gasteiger partial charge in [-0.1, -0.05) is 23.9 Å². The summed E-state index contributed by atoms with van der Waals surface area (Å²) < 4.78 is 5.12. The number of thioether (sulfide) groups is 1. The van der Waals surface area contributed by atoms with Gasteiger partial charge in [-0.15, -0.1) is 5.10 Å². The third-order valence-electron chi connectivity index (χ3n) is 5.29. The number of rotatable bonds is 6. The molecule has 1 N–H and O–H groups in total. The van der Waals surface area contributed by atoms with E-state index in [0.717, 1.165) is 24.2 Å². The van der Waals surface area contributed by atoms with Crippen molar-refractivity contribution in [3.63, 3.8) is 0 Å². The van der Waals surface area contributed by atoms with Crippen molar-refractivity contribution in [1.82, 2.24) is 5.32 Å². The number of nitrogens with one attached hydrogen (secondary N) is 1. The van der Waals surface area contributed by atoms with Crippen LogP contribution in [0.4, 0.5) is 0 Å². The van der Waals surface area contributed by atoms with Gasteiger partial charge in [0.15, 0.2) is 11.0 Å². The number of aryl methyl sites for hydroxylation is 2. The standard InChI is InChI=1S/C23H23N3O3S/c1-29-19-10-6-15(7-11-19)14-24-26-23-25-22(28)21(30-23)13-20(27)18-9-8-16-4-2-3-5-17(16)12-18/h6-12,14,21H,2-5,13H2,1H3,(H,25,26,28)/b24-14+. The minimum Gasteiger partial charge on any atom is -0.497 e. The highest BCUT2D eigenvalue weighted by molar-refractivity contribution is 8.15. The first-order valence-electron chi connectivity index (χ1n) is 10.00. The van der Waals surface area contributed by atoms with Gasteiger partial charge in [-0.2, -0.15) is 5.10 Å². The third kappa shape index (κ3) is 4.79. The van der Waals surface area contributed by atoms with E-state index in [2.05, 4.69) is 21.6 Å². The average Bonchev–Trinajstić information content (AvgIpc) is 3.12. The van der Waals surface area contributed by atoms with Crippen LogP contribution in [0.1, 0.15) is 46.3 Å². The number of carbonyl (C=O) groups is 2. The molecule has 154 valence electrons. The fourth-order valence-corrected chi connectivity index (χ4v) is 4.54. The normalized spacial score (nSPS) is 19.7. The number of hydrogen-bond donors (Lipinski definition) is 1. The van der Waals surface area contributed by atoms with Gasteiger partial charge in [0.25, 0.3) is 0 Å². The van der Waals surface area contributed by atoms with Gasteiger partial charge in [-0.3, -0.25) is 9.59 Å². The summed E-state index contributed by atoms with van der Waals surface area (Å²) in [6, 6.07) is 13.3. The molecular formula is C23H23N3O3S. The number of hydrogen-bond acceptors (Lipinski definition) is 6.